The van der Waals surface area contributed by atoms with Crippen LogP contribution in [0.1, 0.15) is 31.8 Å². The molecule has 1 amide bonds. The van der Waals surface area contributed by atoms with Gasteiger partial charge >= 0.3 is 5.97 Å². The number of carbonyl (C=O) groups is 2. The fourth-order valence-corrected chi connectivity index (χ4v) is 5.87. The second kappa shape index (κ2) is 9.50. The molecule has 0 radical (unpaired) electrons. The first kappa shape index (κ1) is 24.4. The van der Waals surface area contributed by atoms with Crippen molar-refractivity contribution >= 4 is 39.4 Å². The summed E-state index contributed by atoms with van der Waals surface area (Å²) in [5.41, 5.74) is 6.05. The molecule has 8 nitrogen and oxygen atoms in total. The van der Waals surface area contributed by atoms with E-state index in [0.29, 0.717) is 18.7 Å². The van der Waals surface area contributed by atoms with Crippen LogP contribution in [-0.2, 0) is 17.8 Å². The van der Waals surface area contributed by atoms with Gasteiger partial charge in [0.25, 0.3) is 5.91 Å². The highest BCUT2D eigenvalue weighted by atomic mass is 16.5. The van der Waals surface area contributed by atoms with Gasteiger partial charge in [0, 0.05) is 55.0 Å². The lowest BCUT2D eigenvalue weighted by Gasteiger charge is -2.56. The Morgan fingerprint density at radius 2 is 1.77 bits per heavy atom. The molecule has 2 N–H and O–H groups in total. The molecule has 1 spiro atoms. The van der Waals surface area contributed by atoms with E-state index in [1.165, 1.54) is 0 Å². The number of hydrogen-bond acceptors (Lipinski definition) is 5. The number of benzene rings is 3. The molecular weight excluding hydrogens is 504 g/mol. The summed E-state index contributed by atoms with van der Waals surface area (Å²) < 4.78 is 7.62. The molecule has 2 saturated heterocycles. The van der Waals surface area contributed by atoms with Gasteiger partial charge in [-0.3, -0.25) is 9.78 Å². The highest BCUT2D eigenvalue weighted by Crippen LogP contribution is 2.43. The molecule has 2 aromatic heterocycles. The summed E-state index contributed by atoms with van der Waals surface area (Å²) in [5.74, 6) is -1.14. The Bertz CT molecular complexity index is 1760. The number of anilines is 1. The highest BCUT2D eigenvalue weighted by molar-refractivity contribution is 6.09. The molecule has 2 aliphatic heterocycles. The number of aromatic carboxylic acids is 1. The molecule has 5 aromatic rings. The Kier molecular flexibility index (Phi) is 5.78. The normalized spacial score (nSPS) is 15.7. The van der Waals surface area contributed by atoms with Crippen LogP contribution in [0.3, 0.4) is 0 Å². The lowest BCUT2D eigenvalue weighted by molar-refractivity contribution is -0.126. The monoisotopic (exact) mass is 532 g/mol. The number of fused-ring (bicyclic) bond motifs is 2. The van der Waals surface area contributed by atoms with Gasteiger partial charge in [-0.2, -0.15) is 0 Å². The van der Waals surface area contributed by atoms with E-state index in [1.54, 1.807) is 30.5 Å². The molecule has 8 heteroatoms. The molecule has 0 unspecified atom stereocenters. The number of pyridine rings is 1. The van der Waals surface area contributed by atoms with E-state index in [2.05, 4.69) is 56.3 Å². The van der Waals surface area contributed by atoms with Gasteiger partial charge in [0.1, 0.15) is 0 Å². The number of rotatable bonds is 7. The van der Waals surface area contributed by atoms with Crippen LogP contribution in [0.15, 0.2) is 85.2 Å². The van der Waals surface area contributed by atoms with Gasteiger partial charge in [0.15, 0.2) is 0 Å². The van der Waals surface area contributed by atoms with Crippen molar-refractivity contribution < 1.29 is 19.4 Å². The van der Waals surface area contributed by atoms with E-state index < -0.39 is 5.97 Å². The highest BCUT2D eigenvalue weighted by Gasteiger charge is 2.49. The molecule has 0 aliphatic carbocycles. The number of hydrogen-bond donors (Lipinski definition) is 2. The van der Waals surface area contributed by atoms with E-state index in [1.807, 2.05) is 18.2 Å². The van der Waals surface area contributed by atoms with Crippen molar-refractivity contribution in [2.45, 2.75) is 13.1 Å². The van der Waals surface area contributed by atoms with Crippen LogP contribution in [0, 0.1) is 5.41 Å². The smallest absolute Gasteiger partial charge is 0.335 e. The zero-order valence-corrected chi connectivity index (χ0v) is 21.8. The van der Waals surface area contributed by atoms with Crippen LogP contribution in [0.2, 0.25) is 0 Å². The fourth-order valence-electron chi connectivity index (χ4n) is 5.87. The van der Waals surface area contributed by atoms with Crippen LogP contribution in [0.4, 0.5) is 5.69 Å². The van der Waals surface area contributed by atoms with E-state index in [4.69, 9.17) is 9.84 Å². The molecule has 0 bridgehead atoms. The third kappa shape index (κ3) is 4.26. The number of carbonyl (C=O) groups excluding carboxylic acids is 1. The number of aromatic nitrogens is 2. The second-order valence-electron chi connectivity index (χ2n) is 10.9. The molecule has 7 rings (SSSR count). The summed E-state index contributed by atoms with van der Waals surface area (Å²) in [5, 5.41) is 14.3. The number of carboxylic acids is 1. The second-order valence-corrected chi connectivity index (χ2v) is 10.9. The third-order valence-electron chi connectivity index (χ3n) is 8.03. The predicted octanol–water partition coefficient (Wildman–Crippen LogP) is 4.70. The first-order valence-corrected chi connectivity index (χ1v) is 13.4. The van der Waals surface area contributed by atoms with Gasteiger partial charge in [-0.1, -0.05) is 24.3 Å². The first-order valence-electron chi connectivity index (χ1n) is 13.4. The molecular formula is C32H28N4O4. The molecule has 0 atom stereocenters. The minimum Gasteiger partial charge on any atom is -0.478 e. The fraction of sp³-hybridized carbons (Fsp3) is 0.219. The van der Waals surface area contributed by atoms with Gasteiger partial charge in [0.05, 0.1) is 40.8 Å². The SMILES string of the molecule is O=C(O)c1ccc(CNC(=O)c2ccc(N3CC4(COC4)C3)c3ccn(Cc4ccc5ncccc5c4)c23)cc1. The number of amides is 1. The van der Waals surface area contributed by atoms with Crippen molar-refractivity contribution in [1.29, 1.82) is 0 Å². The molecule has 40 heavy (non-hydrogen) atoms. The van der Waals surface area contributed by atoms with Gasteiger partial charge in [-0.05, 0) is 59.7 Å². The Hall–Kier alpha value is -4.69. The summed E-state index contributed by atoms with van der Waals surface area (Å²) >= 11 is 0. The lowest BCUT2D eigenvalue weighted by Crippen LogP contribution is -2.66. The number of nitrogens with zero attached hydrogens (tertiary/aromatic N) is 3. The summed E-state index contributed by atoms with van der Waals surface area (Å²) in [4.78, 5) is 31.5. The van der Waals surface area contributed by atoms with Crippen LogP contribution in [0.25, 0.3) is 21.8 Å². The number of ether oxygens (including phenoxy) is 1. The first-order chi connectivity index (χ1) is 19.5. The summed E-state index contributed by atoms with van der Waals surface area (Å²) in [7, 11) is 0. The van der Waals surface area contributed by atoms with Gasteiger partial charge in [-0.25, -0.2) is 4.79 Å². The van der Waals surface area contributed by atoms with Crippen molar-refractivity contribution in [2.75, 3.05) is 31.2 Å². The Morgan fingerprint density at radius 1 is 0.975 bits per heavy atom. The Balaban J connectivity index is 1.21. The van der Waals surface area contributed by atoms with E-state index in [0.717, 1.165) is 64.9 Å². The quantitative estimate of drug-likeness (QED) is 0.315. The van der Waals surface area contributed by atoms with E-state index in [9.17, 15) is 9.59 Å². The molecule has 2 aliphatic rings. The van der Waals surface area contributed by atoms with E-state index in [-0.39, 0.29) is 16.9 Å². The van der Waals surface area contributed by atoms with E-state index >= 15 is 0 Å². The van der Waals surface area contributed by atoms with Crippen LogP contribution >= 0.6 is 0 Å². The van der Waals surface area contributed by atoms with Crippen molar-refractivity contribution in [3.05, 3.63) is 107 Å². The molecule has 3 aromatic carbocycles. The minimum atomic E-state index is -0.973. The summed E-state index contributed by atoms with van der Waals surface area (Å²) in [6.07, 6.45) is 3.86. The Morgan fingerprint density at radius 3 is 2.52 bits per heavy atom. The number of carboxylic acid groups (broad SMARTS) is 1. The van der Waals surface area contributed by atoms with Crippen molar-refractivity contribution in [3.63, 3.8) is 0 Å². The standard InChI is InChI=1S/C32H28N4O4/c37-30(34-15-21-3-6-23(7-4-21)31(38)39)26-8-10-28(36-17-32(18-36)19-40-20-32)25-11-13-35(29(25)26)16-22-5-9-27-24(14-22)2-1-12-33-27/h1-14H,15-20H2,(H,34,37)(H,38,39). The summed E-state index contributed by atoms with van der Waals surface area (Å²) in [6.45, 7) is 4.48. The topological polar surface area (TPSA) is 96.7 Å². The van der Waals surface area contributed by atoms with Gasteiger partial charge < -0.3 is 24.6 Å². The Labute approximate surface area is 230 Å². The average molecular weight is 533 g/mol. The maximum atomic E-state index is 13.6. The average Bonchev–Trinajstić information content (AvgIpc) is 3.34. The number of nitrogens with one attached hydrogen (secondary N) is 1. The van der Waals surface area contributed by atoms with Crippen LogP contribution < -0.4 is 10.2 Å². The van der Waals surface area contributed by atoms with Crippen molar-refractivity contribution in [2.24, 2.45) is 5.41 Å². The molecule has 4 heterocycles. The van der Waals surface area contributed by atoms with Crippen LogP contribution in [-0.4, -0.2) is 52.8 Å². The van der Waals surface area contributed by atoms with Crippen molar-refractivity contribution in [3.8, 4) is 0 Å². The maximum Gasteiger partial charge on any atom is 0.335 e. The lowest BCUT2D eigenvalue weighted by atomic mass is 9.77. The largest absolute Gasteiger partial charge is 0.478 e. The molecule has 200 valence electrons. The zero-order chi connectivity index (χ0) is 27.3. The van der Waals surface area contributed by atoms with Gasteiger partial charge in [-0.15, -0.1) is 0 Å². The molecule has 2 fully saturated rings. The zero-order valence-electron chi connectivity index (χ0n) is 21.8. The predicted molar refractivity (Wildman–Crippen MR) is 153 cm³/mol. The molecule has 0 saturated carbocycles. The van der Waals surface area contributed by atoms with Crippen molar-refractivity contribution in [1.82, 2.24) is 14.9 Å². The van der Waals surface area contributed by atoms with Crippen LogP contribution in [0.5, 0.6) is 0 Å². The minimum absolute atomic E-state index is 0.172. The van der Waals surface area contributed by atoms with Gasteiger partial charge in [0.2, 0.25) is 0 Å². The summed E-state index contributed by atoms with van der Waals surface area (Å²) in [6, 6.07) is 22.9. The third-order valence-corrected chi connectivity index (χ3v) is 8.03. The maximum absolute atomic E-state index is 13.6.